The molecule has 24 heavy (non-hydrogen) atoms. The molecule has 0 aliphatic rings. The Morgan fingerprint density at radius 2 is 1.92 bits per heavy atom. The zero-order chi connectivity index (χ0) is 17.7. The summed E-state index contributed by atoms with van der Waals surface area (Å²) in [7, 11) is 1.71. The molecule has 0 saturated heterocycles. The van der Waals surface area contributed by atoms with Crippen LogP contribution in [0.4, 0.5) is 0 Å². The number of carboxylic acids is 1. The predicted molar refractivity (Wildman–Crippen MR) is 88.0 cm³/mol. The summed E-state index contributed by atoms with van der Waals surface area (Å²) in [4.78, 5) is 24.4. The SMILES string of the molecule is CC(C)n1ccc(C(=O)N(C)Cc2ccc(OCC(=O)O)cc2)n1. The smallest absolute Gasteiger partial charge is 0.341 e. The Morgan fingerprint density at radius 1 is 1.25 bits per heavy atom. The van der Waals surface area contributed by atoms with Crippen molar-refractivity contribution in [2.24, 2.45) is 0 Å². The summed E-state index contributed by atoms with van der Waals surface area (Å²) in [5.41, 5.74) is 1.32. The minimum atomic E-state index is -1.02. The van der Waals surface area contributed by atoms with Crippen LogP contribution in [0.3, 0.4) is 0 Å². The molecule has 0 fully saturated rings. The number of aliphatic carboxylic acids is 1. The molecule has 7 heteroatoms. The number of carboxylic acid groups (broad SMARTS) is 1. The van der Waals surface area contributed by atoms with Crippen LogP contribution in [0.1, 0.15) is 35.9 Å². The van der Waals surface area contributed by atoms with E-state index in [0.29, 0.717) is 18.0 Å². The zero-order valence-electron chi connectivity index (χ0n) is 14.0. The van der Waals surface area contributed by atoms with E-state index in [1.807, 2.05) is 13.8 Å². The predicted octanol–water partition coefficient (Wildman–Crippen LogP) is 2.20. The second kappa shape index (κ2) is 7.63. The fourth-order valence-electron chi connectivity index (χ4n) is 2.12. The summed E-state index contributed by atoms with van der Waals surface area (Å²) < 4.78 is 6.82. The first-order chi connectivity index (χ1) is 11.4. The molecule has 0 spiro atoms. The molecule has 1 aromatic carbocycles. The van der Waals surface area contributed by atoms with Gasteiger partial charge >= 0.3 is 5.97 Å². The summed E-state index contributed by atoms with van der Waals surface area (Å²) in [5, 5.41) is 12.9. The quantitative estimate of drug-likeness (QED) is 0.841. The van der Waals surface area contributed by atoms with Gasteiger partial charge in [0.1, 0.15) is 11.4 Å². The van der Waals surface area contributed by atoms with Crippen LogP contribution in [0.5, 0.6) is 5.75 Å². The lowest BCUT2D eigenvalue weighted by atomic mass is 10.2. The van der Waals surface area contributed by atoms with Crippen LogP contribution < -0.4 is 4.74 Å². The van der Waals surface area contributed by atoms with E-state index in [1.165, 1.54) is 0 Å². The van der Waals surface area contributed by atoms with E-state index in [2.05, 4.69) is 5.10 Å². The second-order valence-electron chi connectivity index (χ2n) is 5.76. The molecule has 0 atom stereocenters. The van der Waals surface area contributed by atoms with Crippen molar-refractivity contribution in [2.75, 3.05) is 13.7 Å². The van der Waals surface area contributed by atoms with Crippen molar-refractivity contribution in [3.63, 3.8) is 0 Å². The van der Waals surface area contributed by atoms with Crippen LogP contribution in [0.2, 0.25) is 0 Å². The topological polar surface area (TPSA) is 84.7 Å². The second-order valence-corrected chi connectivity index (χ2v) is 5.76. The first-order valence-electron chi connectivity index (χ1n) is 7.61. The summed E-state index contributed by atoms with van der Waals surface area (Å²) in [5.74, 6) is -0.698. The normalized spacial score (nSPS) is 10.7. The van der Waals surface area contributed by atoms with Gasteiger partial charge in [0.15, 0.2) is 6.61 Å². The fourth-order valence-corrected chi connectivity index (χ4v) is 2.12. The molecule has 0 unspecified atom stereocenters. The molecule has 1 amide bonds. The molecule has 128 valence electrons. The van der Waals surface area contributed by atoms with E-state index in [-0.39, 0.29) is 18.6 Å². The summed E-state index contributed by atoms with van der Waals surface area (Å²) in [6, 6.07) is 8.88. The van der Waals surface area contributed by atoms with E-state index in [9.17, 15) is 9.59 Å². The van der Waals surface area contributed by atoms with E-state index in [0.717, 1.165) is 5.56 Å². The molecular weight excluding hydrogens is 310 g/mol. The number of nitrogens with zero attached hydrogens (tertiary/aromatic N) is 3. The fraction of sp³-hybridized carbons (Fsp3) is 0.353. The van der Waals surface area contributed by atoms with E-state index in [1.54, 1.807) is 53.2 Å². The van der Waals surface area contributed by atoms with Crippen LogP contribution in [0.25, 0.3) is 0 Å². The Balaban J connectivity index is 1.96. The number of aromatic nitrogens is 2. The molecule has 1 heterocycles. The van der Waals surface area contributed by atoms with Gasteiger partial charge in [-0.3, -0.25) is 9.48 Å². The Morgan fingerprint density at radius 3 is 2.46 bits per heavy atom. The van der Waals surface area contributed by atoms with Gasteiger partial charge in [-0.05, 0) is 37.6 Å². The van der Waals surface area contributed by atoms with Gasteiger partial charge in [-0.1, -0.05) is 12.1 Å². The van der Waals surface area contributed by atoms with Gasteiger partial charge in [-0.2, -0.15) is 5.10 Å². The maximum atomic E-state index is 12.4. The van der Waals surface area contributed by atoms with Crippen molar-refractivity contribution in [1.82, 2.24) is 14.7 Å². The number of ether oxygens (including phenoxy) is 1. The van der Waals surface area contributed by atoms with Crippen LogP contribution in [0, 0.1) is 0 Å². The first kappa shape index (κ1) is 17.5. The molecule has 0 aliphatic carbocycles. The van der Waals surface area contributed by atoms with Crippen molar-refractivity contribution in [3.05, 3.63) is 47.8 Å². The average Bonchev–Trinajstić information content (AvgIpc) is 3.03. The summed E-state index contributed by atoms with van der Waals surface area (Å²) in [6.07, 6.45) is 1.79. The molecule has 0 radical (unpaired) electrons. The average molecular weight is 331 g/mol. The third-order valence-electron chi connectivity index (χ3n) is 3.41. The van der Waals surface area contributed by atoms with Gasteiger partial charge in [0.05, 0.1) is 0 Å². The number of carbonyl (C=O) groups excluding carboxylic acids is 1. The lowest BCUT2D eigenvalue weighted by Gasteiger charge is -2.16. The van der Waals surface area contributed by atoms with Crippen molar-refractivity contribution < 1.29 is 19.4 Å². The largest absolute Gasteiger partial charge is 0.482 e. The monoisotopic (exact) mass is 331 g/mol. The first-order valence-corrected chi connectivity index (χ1v) is 7.61. The number of rotatable bonds is 7. The molecule has 7 nitrogen and oxygen atoms in total. The maximum Gasteiger partial charge on any atom is 0.341 e. The van der Waals surface area contributed by atoms with E-state index >= 15 is 0 Å². The Kier molecular flexibility index (Phi) is 5.57. The zero-order valence-corrected chi connectivity index (χ0v) is 14.0. The van der Waals surface area contributed by atoms with Gasteiger partial charge < -0.3 is 14.7 Å². The van der Waals surface area contributed by atoms with Gasteiger partial charge in [-0.25, -0.2) is 4.79 Å². The molecule has 2 aromatic rings. The molecular formula is C17H21N3O4. The molecule has 0 bridgehead atoms. The Labute approximate surface area is 140 Å². The van der Waals surface area contributed by atoms with Crippen LogP contribution >= 0.6 is 0 Å². The Hall–Kier alpha value is -2.83. The van der Waals surface area contributed by atoms with Gasteiger partial charge in [0.2, 0.25) is 0 Å². The molecule has 0 aliphatic heterocycles. The highest BCUT2D eigenvalue weighted by atomic mass is 16.5. The van der Waals surface area contributed by atoms with E-state index in [4.69, 9.17) is 9.84 Å². The Bertz CT molecular complexity index is 707. The molecule has 1 aromatic heterocycles. The highest BCUT2D eigenvalue weighted by Gasteiger charge is 2.15. The lowest BCUT2D eigenvalue weighted by molar-refractivity contribution is -0.139. The van der Waals surface area contributed by atoms with E-state index < -0.39 is 5.97 Å². The lowest BCUT2D eigenvalue weighted by Crippen LogP contribution is -2.26. The third kappa shape index (κ3) is 4.58. The number of benzene rings is 1. The minimum absolute atomic E-state index is 0.152. The van der Waals surface area contributed by atoms with Crippen LogP contribution in [-0.2, 0) is 11.3 Å². The minimum Gasteiger partial charge on any atom is -0.482 e. The molecule has 2 rings (SSSR count). The van der Waals surface area contributed by atoms with Crippen molar-refractivity contribution in [2.45, 2.75) is 26.4 Å². The van der Waals surface area contributed by atoms with Gasteiger partial charge in [0, 0.05) is 25.8 Å². The number of carbonyl (C=O) groups is 2. The van der Waals surface area contributed by atoms with Gasteiger partial charge in [-0.15, -0.1) is 0 Å². The van der Waals surface area contributed by atoms with Crippen molar-refractivity contribution in [1.29, 1.82) is 0 Å². The van der Waals surface area contributed by atoms with Crippen molar-refractivity contribution in [3.8, 4) is 5.75 Å². The highest BCUT2D eigenvalue weighted by Crippen LogP contribution is 2.14. The maximum absolute atomic E-state index is 12.4. The van der Waals surface area contributed by atoms with Crippen molar-refractivity contribution >= 4 is 11.9 Å². The highest BCUT2D eigenvalue weighted by molar-refractivity contribution is 5.91. The van der Waals surface area contributed by atoms with Gasteiger partial charge in [0.25, 0.3) is 5.91 Å². The number of hydrogen-bond donors (Lipinski definition) is 1. The molecule has 0 saturated carbocycles. The van der Waals surface area contributed by atoms with Crippen LogP contribution in [-0.4, -0.2) is 45.3 Å². The molecule has 1 N–H and O–H groups in total. The van der Waals surface area contributed by atoms with Crippen LogP contribution in [0.15, 0.2) is 36.5 Å². The third-order valence-corrected chi connectivity index (χ3v) is 3.41. The number of amides is 1. The standard InChI is InChI=1S/C17H21N3O4/c1-12(2)20-9-8-15(18-20)17(23)19(3)10-13-4-6-14(7-5-13)24-11-16(21)22/h4-9,12H,10-11H2,1-3H3,(H,21,22). The summed E-state index contributed by atoms with van der Waals surface area (Å²) in [6.45, 7) is 4.04. The summed E-state index contributed by atoms with van der Waals surface area (Å²) >= 11 is 0. The number of hydrogen-bond acceptors (Lipinski definition) is 4.